The highest BCUT2D eigenvalue weighted by Gasteiger charge is 2.40. The molecule has 1 unspecified atom stereocenters. The number of aliphatic carboxylic acids is 1. The SMILES string of the molecule is CCC(C)[C@H](NC(=O)[C@H](Cc1ccccc1)NC(=O)N1c2ccccc2NC(=O)[C@@H]1C(C)C)C(=O)O. The Kier molecular flexibility index (Phi) is 8.68. The second-order valence-electron chi connectivity index (χ2n) is 9.47. The molecule has 3 rings (SSSR count). The monoisotopic (exact) mass is 494 g/mol. The molecule has 2 aromatic rings. The van der Waals surface area contributed by atoms with Crippen molar-refractivity contribution in [1.29, 1.82) is 0 Å². The van der Waals surface area contributed by atoms with E-state index >= 15 is 0 Å². The predicted molar refractivity (Wildman–Crippen MR) is 138 cm³/mol. The quantitative estimate of drug-likeness (QED) is 0.425. The molecule has 9 nitrogen and oxygen atoms in total. The number of carboxylic acid groups (broad SMARTS) is 1. The average molecular weight is 495 g/mol. The number of urea groups is 1. The van der Waals surface area contributed by atoms with E-state index in [9.17, 15) is 24.3 Å². The molecule has 0 saturated heterocycles. The number of nitrogens with zero attached hydrogens (tertiary/aromatic N) is 1. The van der Waals surface area contributed by atoms with Gasteiger partial charge in [-0.2, -0.15) is 0 Å². The van der Waals surface area contributed by atoms with Crippen LogP contribution in [0.1, 0.15) is 39.7 Å². The Morgan fingerprint density at radius 1 is 1.00 bits per heavy atom. The summed E-state index contributed by atoms with van der Waals surface area (Å²) in [6.45, 7) is 7.29. The Morgan fingerprint density at radius 2 is 1.64 bits per heavy atom. The van der Waals surface area contributed by atoms with Crippen molar-refractivity contribution < 1.29 is 24.3 Å². The van der Waals surface area contributed by atoms with Crippen molar-refractivity contribution in [3.63, 3.8) is 0 Å². The van der Waals surface area contributed by atoms with E-state index in [1.54, 1.807) is 31.2 Å². The van der Waals surface area contributed by atoms with Crippen LogP contribution in [0, 0.1) is 11.8 Å². The van der Waals surface area contributed by atoms with Crippen molar-refractivity contribution in [2.75, 3.05) is 10.2 Å². The van der Waals surface area contributed by atoms with Gasteiger partial charge >= 0.3 is 12.0 Å². The summed E-state index contributed by atoms with van der Waals surface area (Å²) in [5.41, 5.74) is 1.82. The Morgan fingerprint density at radius 3 is 2.25 bits per heavy atom. The average Bonchev–Trinajstić information content (AvgIpc) is 2.85. The van der Waals surface area contributed by atoms with E-state index in [1.807, 2.05) is 51.1 Å². The zero-order valence-corrected chi connectivity index (χ0v) is 21.0. The highest BCUT2D eigenvalue weighted by atomic mass is 16.4. The van der Waals surface area contributed by atoms with Crippen molar-refractivity contribution in [2.24, 2.45) is 11.8 Å². The van der Waals surface area contributed by atoms with Crippen molar-refractivity contribution >= 4 is 35.2 Å². The summed E-state index contributed by atoms with van der Waals surface area (Å²) in [6.07, 6.45) is 0.710. The Balaban J connectivity index is 1.93. The van der Waals surface area contributed by atoms with Gasteiger partial charge in [0, 0.05) is 6.42 Å². The molecule has 192 valence electrons. The molecule has 0 aromatic heterocycles. The van der Waals surface area contributed by atoms with Gasteiger partial charge in [0.2, 0.25) is 11.8 Å². The summed E-state index contributed by atoms with van der Waals surface area (Å²) in [4.78, 5) is 53.1. The first kappa shape index (κ1) is 26.7. The molecule has 0 spiro atoms. The fourth-order valence-electron chi connectivity index (χ4n) is 4.31. The lowest BCUT2D eigenvalue weighted by molar-refractivity contribution is -0.143. The Hall–Kier alpha value is -3.88. The predicted octanol–water partition coefficient (Wildman–Crippen LogP) is 3.41. The van der Waals surface area contributed by atoms with Crippen molar-refractivity contribution in [1.82, 2.24) is 10.6 Å². The summed E-state index contributed by atoms with van der Waals surface area (Å²) in [5.74, 6) is -2.56. The number of fused-ring (bicyclic) bond motifs is 1. The lowest BCUT2D eigenvalue weighted by Gasteiger charge is -2.39. The molecule has 1 heterocycles. The first-order chi connectivity index (χ1) is 17.1. The van der Waals surface area contributed by atoms with Crippen LogP contribution in [0.5, 0.6) is 0 Å². The third kappa shape index (κ3) is 6.02. The first-order valence-corrected chi connectivity index (χ1v) is 12.2. The number of rotatable bonds is 9. The number of hydrogen-bond donors (Lipinski definition) is 4. The van der Waals surface area contributed by atoms with Crippen LogP contribution in [0.2, 0.25) is 0 Å². The number of hydrogen-bond acceptors (Lipinski definition) is 4. The van der Waals surface area contributed by atoms with E-state index in [4.69, 9.17) is 0 Å². The number of carbonyl (C=O) groups excluding carboxylic acids is 3. The zero-order valence-electron chi connectivity index (χ0n) is 21.0. The summed E-state index contributed by atoms with van der Waals surface area (Å²) >= 11 is 0. The van der Waals surface area contributed by atoms with Crippen LogP contribution in [0.4, 0.5) is 16.2 Å². The second kappa shape index (κ2) is 11.7. The van der Waals surface area contributed by atoms with Gasteiger partial charge < -0.3 is 21.1 Å². The maximum absolute atomic E-state index is 13.7. The molecule has 0 aliphatic carbocycles. The maximum Gasteiger partial charge on any atom is 0.326 e. The van der Waals surface area contributed by atoms with Gasteiger partial charge in [-0.1, -0.05) is 76.6 Å². The Bertz CT molecular complexity index is 1100. The normalized spacial score (nSPS) is 17.4. The van der Waals surface area contributed by atoms with Crippen LogP contribution >= 0.6 is 0 Å². The molecule has 0 fully saturated rings. The van der Waals surface area contributed by atoms with E-state index < -0.39 is 36.0 Å². The lowest BCUT2D eigenvalue weighted by Crippen LogP contribution is -2.61. The van der Waals surface area contributed by atoms with Crippen molar-refractivity contribution in [3.05, 3.63) is 60.2 Å². The van der Waals surface area contributed by atoms with Gasteiger partial charge in [0.05, 0.1) is 11.4 Å². The third-order valence-electron chi connectivity index (χ3n) is 6.49. The van der Waals surface area contributed by atoms with Gasteiger partial charge in [0.15, 0.2) is 0 Å². The molecule has 1 aliphatic rings. The van der Waals surface area contributed by atoms with Gasteiger partial charge in [0.1, 0.15) is 18.1 Å². The van der Waals surface area contributed by atoms with E-state index in [0.717, 1.165) is 5.56 Å². The van der Waals surface area contributed by atoms with Gasteiger partial charge in [-0.15, -0.1) is 0 Å². The third-order valence-corrected chi connectivity index (χ3v) is 6.49. The number of carboxylic acids is 1. The van der Waals surface area contributed by atoms with Gasteiger partial charge in [-0.3, -0.25) is 14.5 Å². The summed E-state index contributed by atoms with van der Waals surface area (Å²) in [5, 5.41) is 17.9. The van der Waals surface area contributed by atoms with Gasteiger partial charge in [-0.05, 0) is 29.5 Å². The number of para-hydroxylation sites is 2. The zero-order chi connectivity index (χ0) is 26.4. The van der Waals surface area contributed by atoms with Crippen LogP contribution in [0.15, 0.2) is 54.6 Å². The fraction of sp³-hybridized carbons (Fsp3) is 0.407. The van der Waals surface area contributed by atoms with Crippen molar-refractivity contribution in [2.45, 2.75) is 58.7 Å². The van der Waals surface area contributed by atoms with Crippen LogP contribution < -0.4 is 20.9 Å². The molecule has 2 aromatic carbocycles. The molecule has 0 radical (unpaired) electrons. The highest BCUT2D eigenvalue weighted by molar-refractivity contribution is 6.12. The highest BCUT2D eigenvalue weighted by Crippen LogP contribution is 2.34. The van der Waals surface area contributed by atoms with Gasteiger partial charge in [-0.25, -0.2) is 9.59 Å². The molecular weight excluding hydrogens is 460 g/mol. The molecule has 4 amide bonds. The fourth-order valence-corrected chi connectivity index (χ4v) is 4.31. The Labute approximate surface area is 211 Å². The van der Waals surface area contributed by atoms with E-state index in [0.29, 0.717) is 17.8 Å². The largest absolute Gasteiger partial charge is 0.480 e. The van der Waals surface area contributed by atoms with E-state index in [-0.39, 0.29) is 24.2 Å². The molecule has 0 saturated carbocycles. The topological polar surface area (TPSA) is 128 Å². The standard InChI is InChI=1S/C27H34N4O5/c1-5-17(4)22(26(34)35)30-24(32)20(15-18-11-7-6-8-12-18)29-27(36)31-21-14-10-9-13-19(21)28-25(33)23(31)16(2)3/h6-14,16-17,20,22-23H,5,15H2,1-4H3,(H,28,33)(H,29,36)(H,30,32)(H,34,35)/t17?,20-,22-,23-/m0/s1. The van der Waals surface area contributed by atoms with E-state index in [1.165, 1.54) is 4.90 Å². The number of amides is 4. The second-order valence-corrected chi connectivity index (χ2v) is 9.47. The molecule has 4 N–H and O–H groups in total. The van der Waals surface area contributed by atoms with Gasteiger partial charge in [0.25, 0.3) is 0 Å². The summed E-state index contributed by atoms with van der Waals surface area (Å²) in [7, 11) is 0. The van der Waals surface area contributed by atoms with Crippen LogP contribution in [0.3, 0.4) is 0 Å². The minimum atomic E-state index is -1.14. The van der Waals surface area contributed by atoms with Crippen molar-refractivity contribution in [3.8, 4) is 0 Å². The number of nitrogens with one attached hydrogen (secondary N) is 3. The van der Waals surface area contributed by atoms with Crippen LogP contribution in [-0.2, 0) is 20.8 Å². The molecular formula is C27H34N4O5. The summed E-state index contributed by atoms with van der Waals surface area (Å²) in [6, 6.07) is 12.6. The lowest BCUT2D eigenvalue weighted by atomic mass is 9.97. The smallest absolute Gasteiger partial charge is 0.326 e. The van der Waals surface area contributed by atoms with Crippen LogP contribution in [0.25, 0.3) is 0 Å². The minimum Gasteiger partial charge on any atom is -0.480 e. The molecule has 9 heteroatoms. The number of carbonyl (C=O) groups is 4. The molecule has 0 bridgehead atoms. The molecule has 4 atom stereocenters. The first-order valence-electron chi connectivity index (χ1n) is 12.2. The van der Waals surface area contributed by atoms with Crippen LogP contribution in [-0.4, -0.2) is 47.0 Å². The van der Waals surface area contributed by atoms with E-state index in [2.05, 4.69) is 16.0 Å². The minimum absolute atomic E-state index is 0.152. The maximum atomic E-state index is 13.7. The number of benzene rings is 2. The molecule has 1 aliphatic heterocycles. The summed E-state index contributed by atoms with van der Waals surface area (Å²) < 4.78 is 0. The molecule has 36 heavy (non-hydrogen) atoms. The number of anilines is 2.